The molecule has 200 valence electrons. The van der Waals surface area contributed by atoms with Crippen molar-refractivity contribution in [3.8, 4) is 0 Å². The van der Waals surface area contributed by atoms with Gasteiger partial charge in [0.1, 0.15) is 35.3 Å². The van der Waals surface area contributed by atoms with Gasteiger partial charge in [0.2, 0.25) is 0 Å². The summed E-state index contributed by atoms with van der Waals surface area (Å²) in [5.74, 6) is -10.3. The van der Waals surface area contributed by atoms with Crippen LogP contribution in [0.1, 0.15) is 65.7 Å². The van der Waals surface area contributed by atoms with Crippen LogP contribution in [-0.4, -0.2) is 52.6 Å². The van der Waals surface area contributed by atoms with E-state index in [9.17, 15) is 58.5 Å². The summed E-state index contributed by atoms with van der Waals surface area (Å²) in [6.07, 6.45) is 12.3. The molecule has 0 aromatic rings. The van der Waals surface area contributed by atoms with Crippen LogP contribution in [0.3, 0.4) is 0 Å². The molecule has 0 heterocycles. The number of allylic oxidation sites excluding steroid dienone is 4. The van der Waals surface area contributed by atoms with E-state index in [1.54, 1.807) is 0 Å². The topological polar surface area (TPSA) is 223 Å². The van der Waals surface area contributed by atoms with Crippen LogP contribution in [0.4, 0.5) is 0 Å². The number of Topliss-reactive ketones (excluding diaryl/α,β-unsaturated/α-hetero) is 6. The van der Waals surface area contributed by atoms with Crippen molar-refractivity contribution in [1.29, 1.82) is 0 Å². The zero-order chi connectivity index (χ0) is 28.0. The monoisotopic (exact) mass is 598 g/mol. The zero-order valence-corrected chi connectivity index (χ0v) is 21.6. The van der Waals surface area contributed by atoms with E-state index in [0.29, 0.717) is 0 Å². The minimum Gasteiger partial charge on any atom is -0.542 e. The normalized spacial score (nSPS) is 10.9. The summed E-state index contributed by atoms with van der Waals surface area (Å²) in [6, 6.07) is 0. The third-order valence-electron chi connectivity index (χ3n) is 3.29. The number of aliphatic carboxylic acids is 3. The van der Waals surface area contributed by atoms with E-state index in [1.165, 1.54) is 25.7 Å². The molecule has 12 nitrogen and oxygen atoms in total. The first-order chi connectivity index (χ1) is 16.1. The Hall–Kier alpha value is -3.47. The second kappa shape index (κ2) is 24.7. The summed E-state index contributed by atoms with van der Waals surface area (Å²) in [5, 5.41) is 28.9. The van der Waals surface area contributed by atoms with Gasteiger partial charge in [-0.3, -0.25) is 28.8 Å². The van der Waals surface area contributed by atoms with Crippen molar-refractivity contribution in [2.75, 3.05) is 0 Å². The number of ketones is 6. The molecular formula is C23H27O12Rh. The van der Waals surface area contributed by atoms with E-state index in [4.69, 9.17) is 0 Å². The Morgan fingerprint density at radius 1 is 0.528 bits per heavy atom. The van der Waals surface area contributed by atoms with Gasteiger partial charge < -0.3 is 29.7 Å². The Morgan fingerprint density at radius 2 is 0.750 bits per heavy atom. The standard InChI is InChI=1S/C8H12.3C5H6O4.Rh/c1-2-4-6-8-7-5-3-1;3*1-3(6)2-4(7)5(8)9;/h1-4H,5-8H2;3*2H2,1H3,(H,8,9);/q;;;;+3/p-3. The van der Waals surface area contributed by atoms with Crippen LogP contribution in [0.5, 0.6) is 0 Å². The maximum Gasteiger partial charge on any atom is 3.00 e. The van der Waals surface area contributed by atoms with Crippen molar-refractivity contribution in [1.82, 2.24) is 0 Å². The average Bonchev–Trinajstić information content (AvgIpc) is 2.67. The van der Waals surface area contributed by atoms with E-state index >= 15 is 0 Å². The molecule has 0 aliphatic heterocycles. The van der Waals surface area contributed by atoms with Gasteiger partial charge in [0.05, 0.1) is 19.3 Å². The van der Waals surface area contributed by atoms with Crippen LogP contribution in [0.15, 0.2) is 24.3 Å². The van der Waals surface area contributed by atoms with Gasteiger partial charge in [-0.25, -0.2) is 0 Å². The quantitative estimate of drug-likeness (QED) is 0.153. The number of carbonyl (C=O) groups is 9. The molecule has 13 heteroatoms. The Bertz CT molecular complexity index is 764. The molecule has 0 unspecified atom stereocenters. The Balaban J connectivity index is -0.000000188. The molecular weight excluding hydrogens is 571 g/mol. The van der Waals surface area contributed by atoms with Crippen LogP contribution in [0.25, 0.3) is 0 Å². The van der Waals surface area contributed by atoms with Gasteiger partial charge in [0.25, 0.3) is 0 Å². The molecule has 0 atom stereocenters. The van der Waals surface area contributed by atoms with Crippen LogP contribution in [0, 0.1) is 0 Å². The smallest absolute Gasteiger partial charge is 0.542 e. The van der Waals surface area contributed by atoms with Crippen molar-refractivity contribution < 1.29 is 77.9 Å². The molecule has 0 aromatic heterocycles. The summed E-state index contributed by atoms with van der Waals surface area (Å²) in [4.78, 5) is 89.2. The number of hydrogen-bond acceptors (Lipinski definition) is 12. The fourth-order valence-electron chi connectivity index (χ4n) is 1.77. The van der Waals surface area contributed by atoms with Crippen LogP contribution < -0.4 is 15.3 Å². The maximum atomic E-state index is 10.1. The molecule has 0 fully saturated rings. The van der Waals surface area contributed by atoms with Crippen molar-refractivity contribution >= 4 is 52.6 Å². The number of carboxylic acid groups (broad SMARTS) is 3. The van der Waals surface area contributed by atoms with Gasteiger partial charge in [-0.15, -0.1) is 0 Å². The molecule has 0 bridgehead atoms. The molecule has 0 N–H and O–H groups in total. The molecule has 0 saturated heterocycles. The SMILES string of the molecule is C1=CCCCCC=C1.CC(=O)CC(=O)C(=O)[O-].CC(=O)CC(=O)C(=O)[O-].CC(=O)CC(=O)C(=O)[O-].[Rh+3]. The number of rotatable bonds is 9. The summed E-state index contributed by atoms with van der Waals surface area (Å²) >= 11 is 0. The summed E-state index contributed by atoms with van der Waals surface area (Å²) in [7, 11) is 0. The minimum atomic E-state index is -1.80. The molecule has 0 spiro atoms. The third-order valence-corrected chi connectivity index (χ3v) is 3.29. The first kappa shape index (κ1) is 39.7. The molecule has 0 saturated carbocycles. The number of carbonyl (C=O) groups excluding carboxylic acids is 9. The largest absolute Gasteiger partial charge is 3.00 e. The third kappa shape index (κ3) is 32.7. The van der Waals surface area contributed by atoms with Crippen molar-refractivity contribution in [3.63, 3.8) is 0 Å². The van der Waals surface area contributed by atoms with Gasteiger partial charge >= 0.3 is 19.5 Å². The molecule has 0 amide bonds. The van der Waals surface area contributed by atoms with Gasteiger partial charge in [0, 0.05) is 0 Å². The van der Waals surface area contributed by atoms with Crippen LogP contribution in [0.2, 0.25) is 0 Å². The van der Waals surface area contributed by atoms with E-state index in [0.717, 1.165) is 20.8 Å². The summed E-state index contributed by atoms with van der Waals surface area (Å²) in [5.41, 5.74) is 0. The van der Waals surface area contributed by atoms with Crippen molar-refractivity contribution in [3.05, 3.63) is 24.3 Å². The Labute approximate surface area is 220 Å². The van der Waals surface area contributed by atoms with Crippen LogP contribution in [-0.2, 0) is 62.6 Å². The van der Waals surface area contributed by atoms with Crippen LogP contribution >= 0.6 is 0 Å². The zero-order valence-electron chi connectivity index (χ0n) is 20.0. The second-order valence-corrected chi connectivity index (χ2v) is 6.91. The second-order valence-electron chi connectivity index (χ2n) is 6.91. The van der Waals surface area contributed by atoms with E-state index in [2.05, 4.69) is 24.3 Å². The fraction of sp³-hybridized carbons (Fsp3) is 0.435. The fourth-order valence-corrected chi connectivity index (χ4v) is 1.77. The van der Waals surface area contributed by atoms with E-state index in [1.807, 2.05) is 0 Å². The van der Waals surface area contributed by atoms with Gasteiger partial charge in [0.15, 0.2) is 17.3 Å². The first-order valence-electron chi connectivity index (χ1n) is 10.1. The Kier molecular flexibility index (Phi) is 27.2. The van der Waals surface area contributed by atoms with Gasteiger partial charge in [-0.1, -0.05) is 24.3 Å². The summed E-state index contributed by atoms with van der Waals surface area (Å²) < 4.78 is 0. The van der Waals surface area contributed by atoms with Gasteiger partial charge in [-0.2, -0.15) is 0 Å². The van der Waals surface area contributed by atoms with Gasteiger partial charge in [-0.05, 0) is 46.5 Å². The molecule has 0 aromatic carbocycles. The van der Waals surface area contributed by atoms with Crippen molar-refractivity contribution in [2.24, 2.45) is 0 Å². The summed E-state index contributed by atoms with van der Waals surface area (Å²) in [6.45, 7) is 3.42. The number of carboxylic acids is 3. The van der Waals surface area contributed by atoms with E-state index < -0.39 is 71.9 Å². The predicted octanol–water partition coefficient (Wildman–Crippen LogP) is -2.48. The molecule has 1 rings (SSSR count). The van der Waals surface area contributed by atoms with E-state index in [-0.39, 0.29) is 19.5 Å². The van der Waals surface area contributed by atoms with Crippen molar-refractivity contribution in [2.45, 2.75) is 65.7 Å². The molecule has 0 radical (unpaired) electrons. The molecule has 1 aliphatic carbocycles. The maximum absolute atomic E-state index is 10.1. The Morgan fingerprint density at radius 3 is 0.889 bits per heavy atom. The molecule has 36 heavy (non-hydrogen) atoms. The molecule has 1 aliphatic rings. The minimum absolute atomic E-state index is 0. The number of hydrogen-bond donors (Lipinski definition) is 0. The predicted molar refractivity (Wildman–Crippen MR) is 113 cm³/mol. The first-order valence-corrected chi connectivity index (χ1v) is 10.1. The average molecular weight is 598 g/mol.